The van der Waals surface area contributed by atoms with E-state index < -0.39 is 21.3 Å². The maximum absolute atomic E-state index is 12.9. The fourth-order valence-electron chi connectivity index (χ4n) is 4.44. The highest BCUT2D eigenvalue weighted by Crippen LogP contribution is 2.26. The highest BCUT2D eigenvalue weighted by atomic mass is 32.2. The Hall–Kier alpha value is -2.23. The third kappa shape index (κ3) is 4.08. The number of hydrogen-bond donors (Lipinski definition) is 2. The van der Waals surface area contributed by atoms with Gasteiger partial charge in [0, 0.05) is 38.4 Å². The van der Waals surface area contributed by atoms with E-state index in [1.165, 1.54) is 22.4 Å². The molecular formula is C20H26N4O4S. The van der Waals surface area contributed by atoms with Crippen molar-refractivity contribution in [3.63, 3.8) is 0 Å². The lowest BCUT2D eigenvalue weighted by Gasteiger charge is -2.36. The van der Waals surface area contributed by atoms with Crippen LogP contribution in [-0.4, -0.2) is 53.8 Å². The van der Waals surface area contributed by atoms with E-state index in [1.54, 1.807) is 0 Å². The van der Waals surface area contributed by atoms with Crippen LogP contribution in [0.15, 0.2) is 38.8 Å². The Labute approximate surface area is 169 Å². The number of nitrogens with zero attached hydrogens (tertiary/aromatic N) is 2. The predicted molar refractivity (Wildman–Crippen MR) is 109 cm³/mol. The molecule has 156 valence electrons. The van der Waals surface area contributed by atoms with Crippen LogP contribution in [0.25, 0.3) is 0 Å². The molecule has 1 aromatic carbocycles. The molecule has 2 aromatic rings. The largest absolute Gasteiger partial charge is 0.325 e. The van der Waals surface area contributed by atoms with E-state index in [4.69, 9.17) is 0 Å². The Morgan fingerprint density at radius 2 is 1.72 bits per heavy atom. The normalized spacial score (nSPS) is 19.2. The Balaban J connectivity index is 1.40. The smallest absolute Gasteiger partial charge is 0.310 e. The highest BCUT2D eigenvalue weighted by Gasteiger charge is 2.33. The summed E-state index contributed by atoms with van der Waals surface area (Å²) in [5.74, 6) is 0.432. The van der Waals surface area contributed by atoms with Crippen molar-refractivity contribution >= 4 is 10.0 Å². The zero-order valence-electron chi connectivity index (χ0n) is 16.5. The van der Waals surface area contributed by atoms with Crippen molar-refractivity contribution in [3.05, 3.63) is 61.9 Å². The molecule has 0 saturated carbocycles. The molecule has 1 aromatic heterocycles. The fraction of sp³-hybridized carbons (Fsp3) is 0.500. The van der Waals surface area contributed by atoms with Crippen molar-refractivity contribution in [3.8, 4) is 0 Å². The van der Waals surface area contributed by atoms with Gasteiger partial charge in [0.1, 0.15) is 0 Å². The van der Waals surface area contributed by atoms with Gasteiger partial charge in [-0.15, -0.1) is 0 Å². The van der Waals surface area contributed by atoms with Gasteiger partial charge in [0.2, 0.25) is 10.0 Å². The van der Waals surface area contributed by atoms with Crippen molar-refractivity contribution in [1.29, 1.82) is 0 Å². The summed E-state index contributed by atoms with van der Waals surface area (Å²) in [4.78, 5) is 29.9. The minimum Gasteiger partial charge on any atom is -0.310 e. The van der Waals surface area contributed by atoms with Crippen molar-refractivity contribution in [2.45, 2.75) is 37.6 Å². The molecule has 0 atom stereocenters. The first-order valence-electron chi connectivity index (χ1n) is 9.97. The van der Waals surface area contributed by atoms with Crippen molar-refractivity contribution in [1.82, 2.24) is 19.2 Å². The minimum absolute atomic E-state index is 0.0767. The van der Waals surface area contributed by atoms with Crippen LogP contribution in [-0.2, 0) is 23.0 Å². The summed E-state index contributed by atoms with van der Waals surface area (Å²) >= 11 is 0. The molecule has 2 aliphatic rings. The van der Waals surface area contributed by atoms with Crippen LogP contribution in [0.3, 0.4) is 0 Å². The van der Waals surface area contributed by atoms with Crippen molar-refractivity contribution in [2.75, 3.05) is 26.2 Å². The van der Waals surface area contributed by atoms with Gasteiger partial charge < -0.3 is 4.98 Å². The summed E-state index contributed by atoms with van der Waals surface area (Å²) in [6.45, 7) is 5.14. The van der Waals surface area contributed by atoms with Crippen LogP contribution >= 0.6 is 0 Å². The number of aromatic nitrogens is 2. The van der Waals surface area contributed by atoms with Crippen LogP contribution in [0.5, 0.6) is 0 Å². The van der Waals surface area contributed by atoms with Gasteiger partial charge in [-0.05, 0) is 43.2 Å². The second kappa shape index (κ2) is 7.89. The summed E-state index contributed by atoms with van der Waals surface area (Å²) in [6, 6.07) is 8.53. The molecule has 9 heteroatoms. The van der Waals surface area contributed by atoms with Gasteiger partial charge in [0.05, 0.1) is 0 Å². The summed E-state index contributed by atoms with van der Waals surface area (Å²) in [7, 11) is -3.93. The molecule has 0 spiro atoms. The summed E-state index contributed by atoms with van der Waals surface area (Å²) in [5, 5.41) is 0. The van der Waals surface area contributed by atoms with Crippen LogP contribution in [0, 0.1) is 12.8 Å². The van der Waals surface area contributed by atoms with Crippen LogP contribution < -0.4 is 11.2 Å². The molecule has 0 bridgehead atoms. The molecule has 4 rings (SSSR count). The molecular weight excluding hydrogens is 392 g/mol. The number of H-pyrrole nitrogens is 2. The average molecular weight is 419 g/mol. The van der Waals surface area contributed by atoms with Crippen LogP contribution in [0.1, 0.15) is 29.7 Å². The minimum atomic E-state index is -3.93. The molecule has 1 fully saturated rings. The van der Waals surface area contributed by atoms with E-state index in [0.29, 0.717) is 19.0 Å². The lowest BCUT2D eigenvalue weighted by Crippen LogP contribution is -2.44. The van der Waals surface area contributed by atoms with E-state index >= 15 is 0 Å². The Bertz CT molecular complexity index is 1110. The zero-order chi connectivity index (χ0) is 20.6. The lowest BCUT2D eigenvalue weighted by molar-refractivity contribution is 0.171. The summed E-state index contributed by atoms with van der Waals surface area (Å²) in [5.41, 5.74) is 1.32. The first kappa shape index (κ1) is 20.1. The number of hydrogen-bond acceptors (Lipinski definition) is 5. The zero-order valence-corrected chi connectivity index (χ0v) is 17.3. The van der Waals surface area contributed by atoms with E-state index in [2.05, 4.69) is 34.1 Å². The van der Waals surface area contributed by atoms with E-state index in [1.807, 2.05) is 4.98 Å². The van der Waals surface area contributed by atoms with Gasteiger partial charge in [-0.3, -0.25) is 14.7 Å². The second-order valence-electron chi connectivity index (χ2n) is 7.96. The molecule has 0 aliphatic carbocycles. The standard InChI is InChI=1S/C20H26N4O4S/c1-14-18(19(25)22-20(26)21-14)29(27,28)24-10-6-15(7-11-24)12-23-9-8-16-4-2-3-5-17(16)13-23/h2-5,15H,6-13H2,1H3,(H2,21,22,25,26). The Morgan fingerprint density at radius 3 is 2.41 bits per heavy atom. The van der Waals surface area contributed by atoms with E-state index in [-0.39, 0.29) is 10.6 Å². The first-order valence-corrected chi connectivity index (χ1v) is 11.4. The monoisotopic (exact) mass is 418 g/mol. The molecule has 1 saturated heterocycles. The number of fused-ring (bicyclic) bond motifs is 1. The van der Waals surface area contributed by atoms with Gasteiger partial charge in [-0.1, -0.05) is 24.3 Å². The number of nitrogens with one attached hydrogen (secondary N) is 2. The third-order valence-electron chi connectivity index (χ3n) is 5.97. The molecule has 0 unspecified atom stereocenters. The maximum Gasteiger partial charge on any atom is 0.325 e. The van der Waals surface area contributed by atoms with Gasteiger partial charge >= 0.3 is 5.69 Å². The predicted octanol–water partition coefficient (Wildman–Crippen LogP) is 0.831. The quantitative estimate of drug-likeness (QED) is 0.765. The molecule has 2 N–H and O–H groups in total. The lowest BCUT2D eigenvalue weighted by atomic mass is 9.94. The number of benzene rings is 1. The first-order chi connectivity index (χ1) is 13.8. The third-order valence-corrected chi connectivity index (χ3v) is 8.02. The summed E-state index contributed by atoms with van der Waals surface area (Å²) < 4.78 is 27.3. The Kier molecular flexibility index (Phi) is 5.46. The molecule has 2 aliphatic heterocycles. The SMILES string of the molecule is Cc1[nH]c(=O)[nH]c(=O)c1S(=O)(=O)N1CCC(CN2CCc3ccccc3C2)CC1. The molecule has 3 heterocycles. The van der Waals surface area contributed by atoms with Gasteiger partial charge in [-0.25, -0.2) is 13.2 Å². The number of rotatable bonds is 4. The second-order valence-corrected chi connectivity index (χ2v) is 9.84. The maximum atomic E-state index is 12.9. The van der Waals surface area contributed by atoms with Crippen LogP contribution in [0.2, 0.25) is 0 Å². The topological polar surface area (TPSA) is 106 Å². The number of piperidine rings is 1. The fourth-order valence-corrected chi connectivity index (χ4v) is 6.11. The summed E-state index contributed by atoms with van der Waals surface area (Å²) in [6.07, 6.45) is 2.58. The van der Waals surface area contributed by atoms with Gasteiger partial charge in [0.25, 0.3) is 5.56 Å². The molecule has 29 heavy (non-hydrogen) atoms. The van der Waals surface area contributed by atoms with Crippen molar-refractivity contribution < 1.29 is 8.42 Å². The van der Waals surface area contributed by atoms with Crippen molar-refractivity contribution in [2.24, 2.45) is 5.92 Å². The number of aryl methyl sites for hydroxylation is 1. The van der Waals surface area contributed by atoms with E-state index in [0.717, 1.165) is 38.9 Å². The van der Waals surface area contributed by atoms with Gasteiger partial charge in [-0.2, -0.15) is 4.31 Å². The molecule has 0 amide bonds. The number of aromatic amines is 2. The Morgan fingerprint density at radius 1 is 1.03 bits per heavy atom. The highest BCUT2D eigenvalue weighted by molar-refractivity contribution is 7.89. The average Bonchev–Trinajstić information content (AvgIpc) is 2.67. The molecule has 8 nitrogen and oxygen atoms in total. The van der Waals surface area contributed by atoms with E-state index in [9.17, 15) is 18.0 Å². The number of sulfonamides is 1. The van der Waals surface area contributed by atoms with Gasteiger partial charge in [0.15, 0.2) is 4.90 Å². The molecule has 0 radical (unpaired) electrons. The van der Waals surface area contributed by atoms with Crippen LogP contribution in [0.4, 0.5) is 0 Å².